The number of anilines is 2. The van der Waals surface area contributed by atoms with Crippen LogP contribution in [0.4, 0.5) is 16.2 Å². The molecule has 0 saturated carbocycles. The highest BCUT2D eigenvalue weighted by molar-refractivity contribution is 5.90. The van der Waals surface area contributed by atoms with Gasteiger partial charge in [0.25, 0.3) is 0 Å². The molecule has 2 aliphatic rings. The first-order valence-electron chi connectivity index (χ1n) is 9.51. The molecule has 144 valence electrons. The summed E-state index contributed by atoms with van der Waals surface area (Å²) in [7, 11) is 0. The summed E-state index contributed by atoms with van der Waals surface area (Å²) in [6, 6.07) is 6.02. The van der Waals surface area contributed by atoms with Gasteiger partial charge < -0.3 is 25.0 Å². The van der Waals surface area contributed by atoms with Crippen molar-refractivity contribution in [2.24, 2.45) is 0 Å². The Morgan fingerprint density at radius 3 is 2.46 bits per heavy atom. The molecule has 1 aromatic carbocycles. The summed E-state index contributed by atoms with van der Waals surface area (Å²) in [4.78, 5) is 16.8. The van der Waals surface area contributed by atoms with Crippen molar-refractivity contribution in [2.45, 2.75) is 13.3 Å². The summed E-state index contributed by atoms with van der Waals surface area (Å²) < 4.78 is 10.7. The normalized spacial score (nSPS) is 18.6. The number of nitrogens with one attached hydrogen (secondary N) is 2. The van der Waals surface area contributed by atoms with E-state index >= 15 is 0 Å². The van der Waals surface area contributed by atoms with E-state index in [1.165, 1.54) is 5.69 Å². The first-order chi connectivity index (χ1) is 12.7. The molecule has 0 aliphatic carbocycles. The van der Waals surface area contributed by atoms with Crippen molar-refractivity contribution in [3.8, 4) is 0 Å². The predicted octanol–water partition coefficient (Wildman–Crippen LogP) is 1.68. The number of benzene rings is 1. The van der Waals surface area contributed by atoms with Gasteiger partial charge >= 0.3 is 6.03 Å². The van der Waals surface area contributed by atoms with Gasteiger partial charge in [0.1, 0.15) is 0 Å². The zero-order valence-electron chi connectivity index (χ0n) is 15.6. The monoisotopic (exact) mass is 362 g/mol. The van der Waals surface area contributed by atoms with Crippen molar-refractivity contribution in [3.63, 3.8) is 0 Å². The smallest absolute Gasteiger partial charge is 0.319 e. The average Bonchev–Trinajstić information content (AvgIpc) is 2.68. The van der Waals surface area contributed by atoms with Gasteiger partial charge in [0.05, 0.1) is 26.4 Å². The van der Waals surface area contributed by atoms with Gasteiger partial charge in [-0.3, -0.25) is 4.90 Å². The van der Waals surface area contributed by atoms with Gasteiger partial charge in [-0.2, -0.15) is 0 Å². The lowest BCUT2D eigenvalue weighted by atomic mass is 10.1. The van der Waals surface area contributed by atoms with Crippen LogP contribution in [-0.2, 0) is 9.47 Å². The van der Waals surface area contributed by atoms with Crippen LogP contribution in [0, 0.1) is 6.92 Å². The van der Waals surface area contributed by atoms with E-state index in [-0.39, 0.29) is 6.03 Å². The Kier molecular flexibility index (Phi) is 7.11. The van der Waals surface area contributed by atoms with Crippen molar-refractivity contribution in [2.75, 3.05) is 75.9 Å². The van der Waals surface area contributed by atoms with Crippen LogP contribution < -0.4 is 15.5 Å². The maximum atomic E-state index is 12.1. The highest BCUT2D eigenvalue weighted by Crippen LogP contribution is 2.23. The lowest BCUT2D eigenvalue weighted by molar-refractivity contribution is 0.0375. The Morgan fingerprint density at radius 1 is 1.08 bits per heavy atom. The van der Waals surface area contributed by atoms with E-state index in [1.807, 2.05) is 13.0 Å². The van der Waals surface area contributed by atoms with Crippen molar-refractivity contribution < 1.29 is 14.3 Å². The number of urea groups is 1. The number of ether oxygens (including phenoxy) is 2. The van der Waals surface area contributed by atoms with E-state index < -0.39 is 0 Å². The van der Waals surface area contributed by atoms with Crippen LogP contribution in [0.5, 0.6) is 0 Å². The largest absolute Gasteiger partial charge is 0.379 e. The second-order valence-electron chi connectivity index (χ2n) is 6.79. The lowest BCUT2D eigenvalue weighted by Gasteiger charge is -2.29. The number of nitrogens with zero attached hydrogens (tertiary/aromatic N) is 2. The SMILES string of the molecule is Cc1cc(N2CCOCC2)ccc1NC(=O)NCCCN1CCOCC1. The molecule has 2 fully saturated rings. The molecule has 0 radical (unpaired) electrons. The van der Waals surface area contributed by atoms with E-state index in [0.717, 1.165) is 76.8 Å². The third-order valence-corrected chi connectivity index (χ3v) is 4.87. The number of carbonyl (C=O) groups is 1. The Hall–Kier alpha value is -1.83. The number of morpholine rings is 2. The minimum Gasteiger partial charge on any atom is -0.379 e. The Labute approximate surface area is 155 Å². The Bertz CT molecular complexity index is 584. The van der Waals surface area contributed by atoms with Crippen LogP contribution in [0.25, 0.3) is 0 Å². The molecule has 26 heavy (non-hydrogen) atoms. The van der Waals surface area contributed by atoms with E-state index in [1.54, 1.807) is 0 Å². The molecule has 1 aromatic rings. The topological polar surface area (TPSA) is 66.1 Å². The molecule has 2 aliphatic heterocycles. The fraction of sp³-hybridized carbons (Fsp3) is 0.632. The minimum absolute atomic E-state index is 0.144. The first-order valence-corrected chi connectivity index (χ1v) is 9.51. The van der Waals surface area contributed by atoms with Crippen molar-refractivity contribution in [3.05, 3.63) is 23.8 Å². The highest BCUT2D eigenvalue weighted by Gasteiger charge is 2.13. The van der Waals surface area contributed by atoms with Crippen molar-refractivity contribution in [1.29, 1.82) is 0 Å². The number of hydrogen-bond donors (Lipinski definition) is 2. The molecular weight excluding hydrogens is 332 g/mol. The zero-order valence-corrected chi connectivity index (χ0v) is 15.6. The molecule has 0 atom stereocenters. The van der Waals surface area contributed by atoms with Crippen LogP contribution in [-0.4, -0.2) is 76.6 Å². The standard InChI is InChI=1S/C19H30N4O3/c1-16-15-17(23-9-13-26-14-10-23)3-4-18(16)21-19(24)20-5-2-6-22-7-11-25-12-8-22/h3-4,15H,2,5-14H2,1H3,(H2,20,21,24). The molecule has 2 N–H and O–H groups in total. The molecule has 2 saturated heterocycles. The maximum Gasteiger partial charge on any atom is 0.319 e. The third kappa shape index (κ3) is 5.59. The van der Waals surface area contributed by atoms with E-state index in [4.69, 9.17) is 9.47 Å². The lowest BCUT2D eigenvalue weighted by Crippen LogP contribution is -2.38. The molecule has 0 aromatic heterocycles. The summed E-state index contributed by atoms with van der Waals surface area (Å²) >= 11 is 0. The number of rotatable bonds is 6. The Morgan fingerprint density at radius 2 is 1.77 bits per heavy atom. The number of aryl methyl sites for hydroxylation is 1. The molecule has 0 bridgehead atoms. The van der Waals surface area contributed by atoms with Crippen LogP contribution in [0.2, 0.25) is 0 Å². The van der Waals surface area contributed by atoms with Gasteiger partial charge in [0, 0.05) is 44.1 Å². The molecule has 0 unspecified atom stereocenters. The summed E-state index contributed by atoms with van der Waals surface area (Å²) in [5.41, 5.74) is 3.10. The van der Waals surface area contributed by atoms with Crippen molar-refractivity contribution in [1.82, 2.24) is 10.2 Å². The van der Waals surface area contributed by atoms with Crippen LogP contribution in [0.15, 0.2) is 18.2 Å². The number of carbonyl (C=O) groups excluding carboxylic acids is 1. The number of hydrogen-bond acceptors (Lipinski definition) is 5. The Balaban J connectivity index is 1.40. The molecule has 2 amide bonds. The fourth-order valence-corrected chi connectivity index (χ4v) is 3.30. The second kappa shape index (κ2) is 9.75. The van der Waals surface area contributed by atoms with Gasteiger partial charge in [-0.1, -0.05) is 0 Å². The summed E-state index contributed by atoms with van der Waals surface area (Å²) in [5, 5.41) is 5.89. The van der Waals surface area contributed by atoms with E-state index in [0.29, 0.717) is 6.54 Å². The fourth-order valence-electron chi connectivity index (χ4n) is 3.30. The first kappa shape index (κ1) is 18.9. The van der Waals surface area contributed by atoms with Crippen LogP contribution in [0.3, 0.4) is 0 Å². The molecule has 2 heterocycles. The molecule has 7 heteroatoms. The van der Waals surface area contributed by atoms with Gasteiger partial charge in [0.2, 0.25) is 0 Å². The molecular formula is C19H30N4O3. The quantitative estimate of drug-likeness (QED) is 0.754. The molecule has 3 rings (SSSR count). The minimum atomic E-state index is -0.144. The van der Waals surface area contributed by atoms with Crippen LogP contribution in [0.1, 0.15) is 12.0 Å². The maximum absolute atomic E-state index is 12.1. The molecule has 0 spiro atoms. The predicted molar refractivity (Wildman–Crippen MR) is 103 cm³/mol. The molecule has 7 nitrogen and oxygen atoms in total. The van der Waals surface area contributed by atoms with E-state index in [2.05, 4.69) is 32.6 Å². The summed E-state index contributed by atoms with van der Waals surface area (Å²) in [5.74, 6) is 0. The van der Waals surface area contributed by atoms with Crippen molar-refractivity contribution >= 4 is 17.4 Å². The second-order valence-corrected chi connectivity index (χ2v) is 6.79. The van der Waals surface area contributed by atoms with E-state index in [9.17, 15) is 4.79 Å². The van der Waals surface area contributed by atoms with Crippen LogP contribution >= 0.6 is 0 Å². The highest BCUT2D eigenvalue weighted by atomic mass is 16.5. The number of amides is 2. The third-order valence-electron chi connectivity index (χ3n) is 4.87. The zero-order chi connectivity index (χ0) is 18.2. The van der Waals surface area contributed by atoms with Gasteiger partial charge in [-0.25, -0.2) is 4.79 Å². The average molecular weight is 362 g/mol. The van der Waals surface area contributed by atoms with Gasteiger partial charge in [0.15, 0.2) is 0 Å². The van der Waals surface area contributed by atoms with Gasteiger partial charge in [-0.15, -0.1) is 0 Å². The summed E-state index contributed by atoms with van der Waals surface area (Å²) in [6.07, 6.45) is 0.947. The van der Waals surface area contributed by atoms with Gasteiger partial charge in [-0.05, 0) is 43.7 Å². The summed E-state index contributed by atoms with van der Waals surface area (Å²) in [6.45, 7) is 10.7.